The number of hydrogen-bond donors (Lipinski definition) is 0. The minimum absolute atomic E-state index is 0.00249. The number of anilines is 2. The van der Waals surface area contributed by atoms with Gasteiger partial charge in [0.15, 0.2) is 10.3 Å². The Hall–Kier alpha value is -3.67. The van der Waals surface area contributed by atoms with Crippen molar-refractivity contribution in [1.29, 1.82) is 0 Å². The summed E-state index contributed by atoms with van der Waals surface area (Å²) in [5.41, 5.74) is 6.68. The number of benzene rings is 4. The van der Waals surface area contributed by atoms with Crippen molar-refractivity contribution in [2.75, 3.05) is 62.2 Å². The molecule has 0 bridgehead atoms. The second kappa shape index (κ2) is 20.1. The maximum Gasteiger partial charge on any atom is 0.243 e. The highest BCUT2D eigenvalue weighted by molar-refractivity contribution is 9.10. The zero-order valence-corrected chi connectivity index (χ0v) is 42.8. The van der Waals surface area contributed by atoms with Crippen molar-refractivity contribution >= 4 is 80.5 Å². The van der Waals surface area contributed by atoms with Gasteiger partial charge in [0.2, 0.25) is 20.0 Å². The fourth-order valence-electron chi connectivity index (χ4n) is 7.50. The van der Waals surface area contributed by atoms with Crippen LogP contribution in [0, 0.1) is 0 Å². The van der Waals surface area contributed by atoms with Crippen molar-refractivity contribution in [3.63, 3.8) is 0 Å². The average Bonchev–Trinajstić information content (AvgIpc) is 3.94. The molecule has 0 saturated carbocycles. The number of thiazole rings is 2. The SMILES string of the molecule is CC(C)(C)c1ccc(S(=O)(=O)N2CCN(c3nc(Cc4ccc(Cl)cc4)cs3)CC2)cc1.CC(C)(C)c1ccc(S(=O)(=O)N2CCN(c3nc(Cc4cccc(Br)c4)cs3)CC2)cc1. The molecule has 16 heteroatoms. The molecular formula is C48H56BrClN6O4S4. The van der Waals surface area contributed by atoms with Crippen LogP contribution in [0.1, 0.15) is 75.2 Å². The number of rotatable bonds is 10. The third-order valence-corrected chi connectivity index (χ3v) is 17.9. The topological polar surface area (TPSA) is 107 Å². The van der Waals surface area contributed by atoms with Gasteiger partial charge in [-0.05, 0) is 81.6 Å². The van der Waals surface area contributed by atoms with Crippen LogP contribution in [0.3, 0.4) is 0 Å². The number of piperazine rings is 2. The molecule has 2 aliphatic rings. The Morgan fingerprint density at radius 3 is 1.36 bits per heavy atom. The molecule has 2 saturated heterocycles. The molecule has 8 rings (SSSR count). The Bertz CT molecular complexity index is 2720. The zero-order chi connectivity index (χ0) is 45.9. The minimum Gasteiger partial charge on any atom is -0.345 e. The van der Waals surface area contributed by atoms with Crippen molar-refractivity contribution in [2.24, 2.45) is 0 Å². The molecule has 2 fully saturated rings. The molecule has 4 heterocycles. The van der Waals surface area contributed by atoms with E-state index < -0.39 is 20.0 Å². The van der Waals surface area contributed by atoms with E-state index in [-0.39, 0.29) is 10.8 Å². The molecule has 0 unspecified atom stereocenters. The highest BCUT2D eigenvalue weighted by Gasteiger charge is 2.31. The second-order valence-corrected chi connectivity index (χ2v) is 25.1. The molecule has 0 radical (unpaired) electrons. The van der Waals surface area contributed by atoms with Gasteiger partial charge in [-0.1, -0.05) is 118 Å². The first-order valence-electron chi connectivity index (χ1n) is 21.3. The summed E-state index contributed by atoms with van der Waals surface area (Å²) in [5, 5.41) is 6.80. The molecule has 10 nitrogen and oxygen atoms in total. The molecule has 340 valence electrons. The molecule has 0 aliphatic carbocycles. The number of halogens is 2. The van der Waals surface area contributed by atoms with Crippen LogP contribution >= 0.6 is 50.2 Å². The summed E-state index contributed by atoms with van der Waals surface area (Å²) in [6, 6.07) is 30.7. The van der Waals surface area contributed by atoms with E-state index in [0.29, 0.717) is 62.1 Å². The molecule has 6 aromatic rings. The van der Waals surface area contributed by atoms with Crippen LogP contribution in [0.25, 0.3) is 0 Å². The van der Waals surface area contributed by atoms with E-state index in [1.807, 2.05) is 60.7 Å². The third kappa shape index (κ3) is 12.0. The maximum atomic E-state index is 13.1. The predicted octanol–water partition coefficient (Wildman–Crippen LogP) is 10.5. The lowest BCUT2D eigenvalue weighted by Gasteiger charge is -2.33. The van der Waals surface area contributed by atoms with Crippen LogP contribution in [-0.4, -0.2) is 87.8 Å². The standard InChI is InChI=1S/C24H28BrN3O2S2.C24H28ClN3O2S2/c1-24(2,3)19-7-9-22(10-8-19)32(29,30)28-13-11-27(12-14-28)23-26-21(17-31-23)16-18-5-4-6-20(25)15-18;1-24(2,3)19-6-10-22(11-7-19)32(29,30)28-14-12-27(13-15-28)23-26-21(17-31-23)16-18-4-8-20(25)9-5-18/h4-10,15,17H,11-14,16H2,1-3H3;4-11,17H,12-16H2,1-3H3. The molecule has 2 aliphatic heterocycles. The number of aromatic nitrogens is 2. The first-order chi connectivity index (χ1) is 30.3. The lowest BCUT2D eigenvalue weighted by atomic mass is 9.87. The van der Waals surface area contributed by atoms with Gasteiger partial charge in [0.1, 0.15) is 0 Å². The van der Waals surface area contributed by atoms with E-state index in [0.717, 1.165) is 55.1 Å². The van der Waals surface area contributed by atoms with Gasteiger partial charge in [0, 0.05) is 85.5 Å². The molecular weight excluding hydrogens is 968 g/mol. The fourth-order valence-corrected chi connectivity index (χ4v) is 12.7. The van der Waals surface area contributed by atoms with Crippen LogP contribution in [0.15, 0.2) is 122 Å². The van der Waals surface area contributed by atoms with Gasteiger partial charge in [-0.15, -0.1) is 22.7 Å². The van der Waals surface area contributed by atoms with Crippen molar-refractivity contribution in [3.05, 3.63) is 151 Å². The Balaban J connectivity index is 0.000000191. The van der Waals surface area contributed by atoms with Gasteiger partial charge >= 0.3 is 0 Å². The molecule has 0 amide bonds. The monoisotopic (exact) mass is 1020 g/mol. The summed E-state index contributed by atoms with van der Waals surface area (Å²) in [7, 11) is -6.97. The summed E-state index contributed by atoms with van der Waals surface area (Å²) < 4.78 is 56.7. The van der Waals surface area contributed by atoms with Crippen LogP contribution in [-0.2, 0) is 43.7 Å². The van der Waals surface area contributed by atoms with E-state index in [1.54, 1.807) is 55.5 Å². The van der Waals surface area contributed by atoms with E-state index in [2.05, 4.69) is 90.2 Å². The zero-order valence-electron chi connectivity index (χ0n) is 37.2. The smallest absolute Gasteiger partial charge is 0.243 e. The molecule has 4 aromatic carbocycles. The van der Waals surface area contributed by atoms with Gasteiger partial charge in [-0.25, -0.2) is 26.8 Å². The molecule has 0 N–H and O–H groups in total. The van der Waals surface area contributed by atoms with Crippen molar-refractivity contribution in [3.8, 4) is 0 Å². The van der Waals surface area contributed by atoms with Crippen LogP contribution < -0.4 is 9.80 Å². The Labute approximate surface area is 401 Å². The quantitative estimate of drug-likeness (QED) is 0.134. The lowest BCUT2D eigenvalue weighted by Crippen LogP contribution is -2.48. The highest BCUT2D eigenvalue weighted by atomic mass is 79.9. The van der Waals surface area contributed by atoms with Crippen molar-refractivity contribution in [1.82, 2.24) is 18.6 Å². The van der Waals surface area contributed by atoms with E-state index in [9.17, 15) is 16.8 Å². The fraction of sp³-hybridized carbons (Fsp3) is 0.375. The highest BCUT2D eigenvalue weighted by Crippen LogP contribution is 2.30. The largest absolute Gasteiger partial charge is 0.345 e. The molecule has 64 heavy (non-hydrogen) atoms. The van der Waals surface area contributed by atoms with Gasteiger partial charge in [-0.2, -0.15) is 8.61 Å². The van der Waals surface area contributed by atoms with Gasteiger partial charge in [0.25, 0.3) is 0 Å². The van der Waals surface area contributed by atoms with Crippen molar-refractivity contribution < 1.29 is 16.8 Å². The van der Waals surface area contributed by atoms with E-state index >= 15 is 0 Å². The van der Waals surface area contributed by atoms with Crippen LogP contribution in [0.4, 0.5) is 10.3 Å². The summed E-state index contributed by atoms with van der Waals surface area (Å²) >= 11 is 12.7. The van der Waals surface area contributed by atoms with Gasteiger partial charge in [0.05, 0.1) is 21.2 Å². The predicted molar refractivity (Wildman–Crippen MR) is 268 cm³/mol. The summed E-state index contributed by atoms with van der Waals surface area (Å²) in [4.78, 5) is 14.7. The first-order valence-corrected chi connectivity index (χ1v) is 27.2. The third-order valence-electron chi connectivity index (χ3n) is 11.4. The minimum atomic E-state index is -3.49. The Kier molecular flexibility index (Phi) is 15.1. The normalized spacial score (nSPS) is 15.8. The van der Waals surface area contributed by atoms with Crippen molar-refractivity contribution in [2.45, 2.75) is 75.0 Å². The maximum absolute atomic E-state index is 13.1. The molecule has 0 atom stereocenters. The van der Waals surface area contributed by atoms with E-state index in [1.165, 1.54) is 11.1 Å². The van der Waals surface area contributed by atoms with Gasteiger partial charge in [-0.3, -0.25) is 0 Å². The average molecular weight is 1020 g/mol. The lowest BCUT2D eigenvalue weighted by molar-refractivity contribution is 0.384. The molecule has 2 aromatic heterocycles. The number of hydrogen-bond acceptors (Lipinski definition) is 10. The number of nitrogens with zero attached hydrogens (tertiary/aromatic N) is 6. The summed E-state index contributed by atoms with van der Waals surface area (Å²) in [6.45, 7) is 17.1. The van der Waals surface area contributed by atoms with Gasteiger partial charge < -0.3 is 9.80 Å². The first kappa shape index (κ1) is 48.3. The number of sulfonamides is 2. The second-order valence-electron chi connectivity index (χ2n) is 18.2. The Morgan fingerprint density at radius 2 is 0.969 bits per heavy atom. The van der Waals surface area contributed by atoms with Crippen LogP contribution in [0.2, 0.25) is 5.02 Å². The summed E-state index contributed by atoms with van der Waals surface area (Å²) in [5.74, 6) is 0. The molecule has 0 spiro atoms. The van der Waals surface area contributed by atoms with E-state index in [4.69, 9.17) is 21.6 Å². The van der Waals surface area contributed by atoms with Crippen LogP contribution in [0.5, 0.6) is 0 Å². The Morgan fingerprint density at radius 1 is 0.562 bits per heavy atom. The summed E-state index contributed by atoms with van der Waals surface area (Å²) in [6.07, 6.45) is 1.54.